The maximum absolute atomic E-state index is 12.6. The Morgan fingerprint density at radius 1 is 1.50 bits per heavy atom. The molecule has 1 aromatic carbocycles. The van der Waals surface area contributed by atoms with Gasteiger partial charge in [0.2, 0.25) is 0 Å². The number of rotatable bonds is 4. The van der Waals surface area contributed by atoms with Crippen LogP contribution in [0.2, 0.25) is 5.02 Å². The van der Waals surface area contributed by atoms with Crippen LogP contribution in [0.25, 0.3) is 0 Å². The van der Waals surface area contributed by atoms with Crippen LogP contribution in [-0.4, -0.2) is 12.3 Å². The van der Waals surface area contributed by atoms with Crippen LogP contribution in [-0.2, 0) is 11.2 Å². The van der Waals surface area contributed by atoms with Crippen molar-refractivity contribution in [1.82, 2.24) is 0 Å². The molecule has 0 aliphatic carbocycles. The number of carbonyl (C=O) groups is 1. The lowest BCUT2D eigenvalue weighted by atomic mass is 10.1. The lowest BCUT2D eigenvalue weighted by molar-refractivity contribution is -0.118. The van der Waals surface area contributed by atoms with Gasteiger partial charge in [-0.3, -0.25) is 4.79 Å². The summed E-state index contributed by atoms with van der Waals surface area (Å²) < 4.78 is 12.6. The van der Waals surface area contributed by atoms with E-state index in [4.69, 9.17) is 17.3 Å². The van der Waals surface area contributed by atoms with Crippen LogP contribution < -0.4 is 5.73 Å². The van der Waals surface area contributed by atoms with E-state index >= 15 is 0 Å². The molecule has 0 fully saturated rings. The SMILES string of the molecule is NCCC(=O)Cc1ccc(F)cc1Cl. The molecule has 14 heavy (non-hydrogen) atoms. The number of ketones is 1. The Labute approximate surface area is 86.9 Å². The summed E-state index contributed by atoms with van der Waals surface area (Å²) in [6.07, 6.45) is 0.546. The smallest absolute Gasteiger partial charge is 0.138 e. The summed E-state index contributed by atoms with van der Waals surface area (Å²) in [5.74, 6) is -0.383. The monoisotopic (exact) mass is 215 g/mol. The van der Waals surface area contributed by atoms with Crippen molar-refractivity contribution < 1.29 is 9.18 Å². The molecule has 0 heterocycles. The van der Waals surface area contributed by atoms with Crippen molar-refractivity contribution in [2.75, 3.05) is 6.54 Å². The van der Waals surface area contributed by atoms with Crippen molar-refractivity contribution in [2.45, 2.75) is 12.8 Å². The molecule has 0 aliphatic heterocycles. The highest BCUT2D eigenvalue weighted by Crippen LogP contribution is 2.18. The molecular weight excluding hydrogens is 205 g/mol. The van der Waals surface area contributed by atoms with Crippen LogP contribution in [0.1, 0.15) is 12.0 Å². The zero-order chi connectivity index (χ0) is 10.6. The van der Waals surface area contributed by atoms with Crippen LogP contribution >= 0.6 is 11.6 Å². The van der Waals surface area contributed by atoms with E-state index in [-0.39, 0.29) is 17.2 Å². The second kappa shape index (κ2) is 5.08. The highest BCUT2D eigenvalue weighted by Gasteiger charge is 2.06. The van der Waals surface area contributed by atoms with E-state index in [1.165, 1.54) is 18.2 Å². The van der Waals surface area contributed by atoms with Crippen molar-refractivity contribution >= 4 is 17.4 Å². The highest BCUT2D eigenvalue weighted by molar-refractivity contribution is 6.31. The molecule has 0 spiro atoms. The van der Waals surface area contributed by atoms with E-state index in [0.717, 1.165) is 0 Å². The van der Waals surface area contributed by atoms with Crippen LogP contribution in [0, 0.1) is 5.82 Å². The third-order valence-electron chi connectivity index (χ3n) is 1.83. The molecule has 1 rings (SSSR count). The van der Waals surface area contributed by atoms with Crippen molar-refractivity contribution in [3.63, 3.8) is 0 Å². The first kappa shape index (κ1) is 11.1. The standard InChI is InChI=1S/C10H11ClFNO/c11-10-6-8(12)2-1-7(10)5-9(14)3-4-13/h1-2,6H,3-5,13H2. The third kappa shape index (κ3) is 3.09. The summed E-state index contributed by atoms with van der Waals surface area (Å²) in [5, 5.41) is 0.287. The van der Waals surface area contributed by atoms with E-state index < -0.39 is 5.82 Å². The van der Waals surface area contributed by atoms with E-state index in [9.17, 15) is 9.18 Å². The zero-order valence-corrected chi connectivity index (χ0v) is 8.35. The molecule has 0 unspecified atom stereocenters. The molecule has 2 nitrogen and oxygen atoms in total. The number of hydrogen-bond acceptors (Lipinski definition) is 2. The molecule has 0 amide bonds. The molecule has 4 heteroatoms. The fourth-order valence-electron chi connectivity index (χ4n) is 1.13. The molecule has 2 N–H and O–H groups in total. The second-order valence-corrected chi connectivity index (χ2v) is 3.40. The third-order valence-corrected chi connectivity index (χ3v) is 2.18. The van der Waals surface area contributed by atoms with E-state index in [1.54, 1.807) is 0 Å². The Bertz CT molecular complexity index is 341. The maximum atomic E-state index is 12.6. The molecular formula is C10H11ClFNO. The Balaban J connectivity index is 2.72. The van der Waals surface area contributed by atoms with Gasteiger partial charge in [0.15, 0.2) is 0 Å². The van der Waals surface area contributed by atoms with Crippen molar-refractivity contribution in [2.24, 2.45) is 5.73 Å². The Hall–Kier alpha value is -0.930. The summed E-state index contributed by atoms with van der Waals surface area (Å²) in [6.45, 7) is 0.331. The van der Waals surface area contributed by atoms with E-state index in [2.05, 4.69) is 0 Å². The van der Waals surface area contributed by atoms with Gasteiger partial charge in [-0.25, -0.2) is 4.39 Å². The summed E-state index contributed by atoms with van der Waals surface area (Å²) in [4.78, 5) is 11.2. The number of carbonyl (C=O) groups excluding carboxylic acids is 1. The first-order valence-electron chi connectivity index (χ1n) is 4.29. The van der Waals surface area contributed by atoms with Crippen molar-refractivity contribution in [3.8, 4) is 0 Å². The normalized spacial score (nSPS) is 10.2. The molecule has 1 aromatic rings. The van der Waals surface area contributed by atoms with Crippen molar-refractivity contribution in [3.05, 3.63) is 34.6 Å². The zero-order valence-electron chi connectivity index (χ0n) is 7.59. The lowest BCUT2D eigenvalue weighted by Crippen LogP contribution is -2.10. The van der Waals surface area contributed by atoms with Gasteiger partial charge in [0.1, 0.15) is 11.6 Å². The molecule has 0 saturated carbocycles. The second-order valence-electron chi connectivity index (χ2n) is 2.99. The Morgan fingerprint density at radius 2 is 2.21 bits per heavy atom. The predicted molar refractivity (Wildman–Crippen MR) is 53.8 cm³/mol. The van der Waals surface area contributed by atoms with Gasteiger partial charge in [-0.1, -0.05) is 17.7 Å². The number of hydrogen-bond donors (Lipinski definition) is 1. The fraction of sp³-hybridized carbons (Fsp3) is 0.300. The molecule has 0 radical (unpaired) electrons. The minimum atomic E-state index is -0.398. The average Bonchev–Trinajstić information content (AvgIpc) is 2.10. The molecule has 76 valence electrons. The van der Waals surface area contributed by atoms with Gasteiger partial charge < -0.3 is 5.73 Å². The van der Waals surface area contributed by atoms with Crippen LogP contribution in [0.3, 0.4) is 0 Å². The van der Waals surface area contributed by atoms with Gasteiger partial charge in [0.05, 0.1) is 0 Å². The largest absolute Gasteiger partial charge is 0.330 e. The first-order chi connectivity index (χ1) is 6.63. The summed E-state index contributed by atoms with van der Waals surface area (Å²) in [5.41, 5.74) is 5.88. The molecule has 0 atom stereocenters. The average molecular weight is 216 g/mol. The van der Waals surface area contributed by atoms with Gasteiger partial charge >= 0.3 is 0 Å². The quantitative estimate of drug-likeness (QED) is 0.834. The molecule has 0 bridgehead atoms. The van der Waals surface area contributed by atoms with E-state index in [0.29, 0.717) is 18.5 Å². The van der Waals surface area contributed by atoms with Gasteiger partial charge in [0.25, 0.3) is 0 Å². The van der Waals surface area contributed by atoms with Crippen LogP contribution in [0.4, 0.5) is 4.39 Å². The van der Waals surface area contributed by atoms with Gasteiger partial charge in [-0.15, -0.1) is 0 Å². The topological polar surface area (TPSA) is 43.1 Å². The fourth-order valence-corrected chi connectivity index (χ4v) is 1.36. The summed E-state index contributed by atoms with van der Waals surface area (Å²) in [6, 6.07) is 4.01. The molecule has 0 aromatic heterocycles. The minimum absolute atomic E-state index is 0.0148. The summed E-state index contributed by atoms with van der Waals surface area (Å²) in [7, 11) is 0. The number of halogens is 2. The summed E-state index contributed by atoms with van der Waals surface area (Å²) >= 11 is 5.75. The Kier molecular flexibility index (Phi) is 4.04. The van der Waals surface area contributed by atoms with Gasteiger partial charge in [-0.05, 0) is 24.2 Å². The molecule has 0 saturated heterocycles. The minimum Gasteiger partial charge on any atom is -0.330 e. The van der Waals surface area contributed by atoms with Crippen LogP contribution in [0.5, 0.6) is 0 Å². The highest BCUT2D eigenvalue weighted by atomic mass is 35.5. The first-order valence-corrected chi connectivity index (χ1v) is 4.67. The van der Waals surface area contributed by atoms with Crippen LogP contribution in [0.15, 0.2) is 18.2 Å². The van der Waals surface area contributed by atoms with Gasteiger partial charge in [-0.2, -0.15) is 0 Å². The number of Topliss-reactive ketones (excluding diaryl/α,β-unsaturated/α-hetero) is 1. The number of benzene rings is 1. The van der Waals surface area contributed by atoms with Crippen molar-refractivity contribution in [1.29, 1.82) is 0 Å². The van der Waals surface area contributed by atoms with Gasteiger partial charge in [0, 0.05) is 17.9 Å². The maximum Gasteiger partial charge on any atom is 0.138 e. The lowest BCUT2D eigenvalue weighted by Gasteiger charge is -2.02. The Morgan fingerprint density at radius 3 is 2.79 bits per heavy atom. The molecule has 0 aliphatic rings. The van der Waals surface area contributed by atoms with E-state index in [1.807, 2.05) is 0 Å². The number of nitrogens with two attached hydrogens (primary N) is 1. The predicted octanol–water partition coefficient (Wildman–Crippen LogP) is 1.94.